The molecule has 3 fully saturated rings. The van der Waals surface area contributed by atoms with Crippen molar-refractivity contribution in [2.75, 3.05) is 26.3 Å². The van der Waals surface area contributed by atoms with Crippen LogP contribution in [0.15, 0.2) is 24.5 Å². The third kappa shape index (κ3) is 5.34. The SMILES string of the molecule is O=C(N[C@H]1CC[C@@H](C(=O)NC2CCC2)CN(C2CCOCC2)C1)c1ccncc1. The summed E-state index contributed by atoms with van der Waals surface area (Å²) in [7, 11) is 0. The minimum absolute atomic E-state index is 0.0127. The van der Waals surface area contributed by atoms with Gasteiger partial charge in [0.05, 0.1) is 5.92 Å². The Kier molecular flexibility index (Phi) is 6.77. The van der Waals surface area contributed by atoms with Crippen molar-refractivity contribution in [1.82, 2.24) is 20.5 Å². The van der Waals surface area contributed by atoms with Crippen LogP contribution in [0.2, 0.25) is 0 Å². The molecule has 1 saturated carbocycles. The first-order valence-corrected chi connectivity index (χ1v) is 11.0. The average molecular weight is 401 g/mol. The summed E-state index contributed by atoms with van der Waals surface area (Å²) >= 11 is 0. The highest BCUT2D eigenvalue weighted by Gasteiger charge is 2.34. The van der Waals surface area contributed by atoms with Crippen molar-refractivity contribution in [3.05, 3.63) is 30.1 Å². The summed E-state index contributed by atoms with van der Waals surface area (Å²) in [6.07, 6.45) is 10.3. The van der Waals surface area contributed by atoms with Crippen LogP contribution in [0.25, 0.3) is 0 Å². The first kappa shape index (κ1) is 20.3. The minimum atomic E-state index is -0.0679. The summed E-state index contributed by atoms with van der Waals surface area (Å²) < 4.78 is 5.54. The van der Waals surface area contributed by atoms with Gasteiger partial charge in [-0.1, -0.05) is 0 Å². The van der Waals surface area contributed by atoms with E-state index in [9.17, 15) is 9.59 Å². The standard InChI is InChI=1S/C22H32N4O3/c27-21(16-6-10-23-11-7-16)25-19-5-4-17(22(28)24-18-2-1-3-18)14-26(15-19)20-8-12-29-13-9-20/h6-7,10-11,17-20H,1-5,8-9,12-15H2,(H,24,28)(H,25,27)/t17-,19+/m1/s1. The maximum Gasteiger partial charge on any atom is 0.251 e. The summed E-state index contributed by atoms with van der Waals surface area (Å²) in [6.45, 7) is 3.10. The molecular formula is C22H32N4O3. The summed E-state index contributed by atoms with van der Waals surface area (Å²) in [5.41, 5.74) is 0.626. The molecule has 158 valence electrons. The van der Waals surface area contributed by atoms with E-state index in [1.807, 2.05) is 0 Å². The molecule has 0 radical (unpaired) electrons. The van der Waals surface area contributed by atoms with Gasteiger partial charge in [-0.3, -0.25) is 19.5 Å². The fraction of sp³-hybridized carbons (Fsp3) is 0.682. The van der Waals surface area contributed by atoms with E-state index in [1.54, 1.807) is 24.5 Å². The molecule has 2 aliphatic heterocycles. The number of ether oxygens (including phenoxy) is 1. The normalized spacial score (nSPS) is 26.9. The highest BCUT2D eigenvalue weighted by molar-refractivity contribution is 5.94. The van der Waals surface area contributed by atoms with Gasteiger partial charge in [0.2, 0.25) is 5.91 Å². The number of likely N-dealkylation sites (tertiary alicyclic amines) is 1. The highest BCUT2D eigenvalue weighted by atomic mass is 16.5. The molecule has 1 aliphatic carbocycles. The van der Waals surface area contributed by atoms with E-state index >= 15 is 0 Å². The van der Waals surface area contributed by atoms with E-state index in [0.29, 0.717) is 17.6 Å². The quantitative estimate of drug-likeness (QED) is 0.787. The van der Waals surface area contributed by atoms with Gasteiger partial charge in [-0.15, -0.1) is 0 Å². The van der Waals surface area contributed by atoms with E-state index in [0.717, 1.165) is 64.8 Å². The summed E-state index contributed by atoms with van der Waals surface area (Å²) in [6, 6.07) is 4.29. The molecule has 0 unspecified atom stereocenters. The zero-order chi connectivity index (χ0) is 20.1. The fourth-order valence-corrected chi connectivity index (χ4v) is 4.55. The monoisotopic (exact) mass is 400 g/mol. The third-order valence-corrected chi connectivity index (χ3v) is 6.58. The van der Waals surface area contributed by atoms with E-state index in [-0.39, 0.29) is 23.8 Å². The first-order chi connectivity index (χ1) is 14.2. The van der Waals surface area contributed by atoms with Crippen LogP contribution in [0.1, 0.15) is 55.3 Å². The van der Waals surface area contributed by atoms with Crippen LogP contribution in [0.5, 0.6) is 0 Å². The summed E-state index contributed by atoms with van der Waals surface area (Å²) in [5.74, 6) is 0.107. The van der Waals surface area contributed by atoms with Gasteiger partial charge in [-0.25, -0.2) is 0 Å². The number of rotatable bonds is 5. The number of carbonyl (C=O) groups excluding carboxylic acids is 2. The second-order valence-corrected chi connectivity index (χ2v) is 8.61. The van der Waals surface area contributed by atoms with Gasteiger partial charge in [-0.2, -0.15) is 0 Å². The lowest BCUT2D eigenvalue weighted by atomic mass is 9.91. The van der Waals surface area contributed by atoms with E-state index in [4.69, 9.17) is 4.74 Å². The molecule has 2 N–H and O–H groups in total. The van der Waals surface area contributed by atoms with Crippen LogP contribution in [0, 0.1) is 5.92 Å². The van der Waals surface area contributed by atoms with Crippen molar-refractivity contribution in [2.24, 2.45) is 5.92 Å². The summed E-state index contributed by atoms with van der Waals surface area (Å²) in [5, 5.41) is 6.43. The second-order valence-electron chi connectivity index (χ2n) is 8.61. The number of carbonyl (C=O) groups is 2. The maximum atomic E-state index is 12.9. The van der Waals surface area contributed by atoms with Gasteiger partial charge < -0.3 is 15.4 Å². The zero-order valence-electron chi connectivity index (χ0n) is 17.0. The molecule has 1 aromatic heterocycles. The molecule has 0 aromatic carbocycles. The number of nitrogens with one attached hydrogen (secondary N) is 2. The number of hydrogen-bond donors (Lipinski definition) is 2. The van der Waals surface area contributed by atoms with Crippen molar-refractivity contribution in [2.45, 2.75) is 63.1 Å². The number of nitrogens with zero attached hydrogens (tertiary/aromatic N) is 2. The lowest BCUT2D eigenvalue weighted by Crippen LogP contribution is -2.50. The molecule has 4 rings (SSSR count). The van der Waals surface area contributed by atoms with E-state index in [1.165, 1.54) is 6.42 Å². The third-order valence-electron chi connectivity index (χ3n) is 6.58. The Morgan fingerprint density at radius 3 is 2.38 bits per heavy atom. The molecule has 0 spiro atoms. The summed E-state index contributed by atoms with van der Waals surface area (Å²) in [4.78, 5) is 31.9. The predicted octanol–water partition coefficient (Wildman–Crippen LogP) is 1.74. The second kappa shape index (κ2) is 9.67. The Balaban J connectivity index is 1.42. The van der Waals surface area contributed by atoms with Crippen molar-refractivity contribution >= 4 is 11.8 Å². The molecule has 1 aromatic rings. The number of pyridine rings is 1. The van der Waals surface area contributed by atoms with Crippen LogP contribution in [-0.4, -0.2) is 66.1 Å². The van der Waals surface area contributed by atoms with Crippen molar-refractivity contribution < 1.29 is 14.3 Å². The molecule has 2 amide bonds. The molecule has 7 nitrogen and oxygen atoms in total. The average Bonchev–Trinajstić information content (AvgIpc) is 2.95. The predicted molar refractivity (Wildman–Crippen MR) is 109 cm³/mol. The zero-order valence-corrected chi connectivity index (χ0v) is 17.0. The van der Waals surface area contributed by atoms with Gasteiger partial charge in [0, 0.05) is 62.4 Å². The van der Waals surface area contributed by atoms with Crippen LogP contribution >= 0.6 is 0 Å². The Morgan fingerprint density at radius 2 is 1.69 bits per heavy atom. The van der Waals surface area contributed by atoms with E-state index in [2.05, 4.69) is 20.5 Å². The molecule has 3 heterocycles. The highest BCUT2D eigenvalue weighted by Crippen LogP contribution is 2.25. The van der Waals surface area contributed by atoms with Crippen molar-refractivity contribution in [3.63, 3.8) is 0 Å². The Hall–Kier alpha value is -1.99. The fourth-order valence-electron chi connectivity index (χ4n) is 4.55. The maximum absolute atomic E-state index is 12.9. The van der Waals surface area contributed by atoms with Gasteiger partial charge >= 0.3 is 0 Å². The Morgan fingerprint density at radius 1 is 0.931 bits per heavy atom. The van der Waals surface area contributed by atoms with Gasteiger partial charge in [0.15, 0.2) is 0 Å². The van der Waals surface area contributed by atoms with Gasteiger partial charge in [0.1, 0.15) is 0 Å². The van der Waals surface area contributed by atoms with Crippen LogP contribution in [0.3, 0.4) is 0 Å². The molecule has 7 heteroatoms. The van der Waals surface area contributed by atoms with E-state index < -0.39 is 0 Å². The molecule has 3 aliphatic rings. The number of hydrogen-bond acceptors (Lipinski definition) is 5. The molecule has 2 atom stereocenters. The largest absolute Gasteiger partial charge is 0.381 e. The number of amides is 2. The molecular weight excluding hydrogens is 368 g/mol. The minimum Gasteiger partial charge on any atom is -0.381 e. The molecule has 29 heavy (non-hydrogen) atoms. The molecule has 0 bridgehead atoms. The van der Waals surface area contributed by atoms with Crippen LogP contribution < -0.4 is 10.6 Å². The number of aromatic nitrogens is 1. The Labute approximate surface area is 172 Å². The van der Waals surface area contributed by atoms with Crippen molar-refractivity contribution in [1.29, 1.82) is 0 Å². The van der Waals surface area contributed by atoms with Gasteiger partial charge in [-0.05, 0) is 57.1 Å². The topological polar surface area (TPSA) is 83.6 Å². The molecule has 2 saturated heterocycles. The van der Waals surface area contributed by atoms with Crippen LogP contribution in [0.4, 0.5) is 0 Å². The lowest BCUT2D eigenvalue weighted by molar-refractivity contribution is -0.127. The smallest absolute Gasteiger partial charge is 0.251 e. The van der Waals surface area contributed by atoms with Crippen LogP contribution in [-0.2, 0) is 9.53 Å². The van der Waals surface area contributed by atoms with Crippen molar-refractivity contribution in [3.8, 4) is 0 Å². The lowest BCUT2D eigenvalue weighted by Gasteiger charge is -2.36. The first-order valence-electron chi connectivity index (χ1n) is 11.0. The van der Waals surface area contributed by atoms with Gasteiger partial charge in [0.25, 0.3) is 5.91 Å². The Bertz CT molecular complexity index is 689.